The zero-order valence-electron chi connectivity index (χ0n) is 11.8. The molecule has 0 atom stereocenters. The number of rotatable bonds is 5. The van der Waals surface area contributed by atoms with Gasteiger partial charge in [0, 0.05) is 5.02 Å². The fraction of sp³-hybridized carbons (Fsp3) is 0.562. The van der Waals surface area contributed by atoms with E-state index in [9.17, 15) is 4.79 Å². The van der Waals surface area contributed by atoms with Gasteiger partial charge >= 0.3 is 5.97 Å². The lowest BCUT2D eigenvalue weighted by atomic mass is 9.87. The fourth-order valence-electron chi connectivity index (χ4n) is 2.52. The molecule has 1 aliphatic rings. The lowest BCUT2D eigenvalue weighted by molar-refractivity contribution is -0.150. The van der Waals surface area contributed by atoms with Crippen LogP contribution < -0.4 is 0 Å². The molecule has 0 amide bonds. The van der Waals surface area contributed by atoms with Gasteiger partial charge in [-0.25, -0.2) is 0 Å². The van der Waals surface area contributed by atoms with Crippen molar-refractivity contribution in [3.63, 3.8) is 0 Å². The van der Waals surface area contributed by atoms with Crippen molar-refractivity contribution < 1.29 is 14.3 Å². The molecule has 0 N–H and O–H groups in total. The number of hydrogen-bond donors (Lipinski definition) is 0. The van der Waals surface area contributed by atoms with E-state index in [1.54, 1.807) is 0 Å². The van der Waals surface area contributed by atoms with Crippen LogP contribution in [0.4, 0.5) is 0 Å². The average molecular weight is 297 g/mol. The Kier molecular flexibility index (Phi) is 5.86. The molecule has 3 nitrogen and oxygen atoms in total. The fourth-order valence-corrected chi connectivity index (χ4v) is 2.65. The predicted octanol–water partition coefficient (Wildman–Crippen LogP) is 3.98. The Morgan fingerprint density at radius 2 is 1.85 bits per heavy atom. The van der Waals surface area contributed by atoms with Crippen LogP contribution in [0.5, 0.6) is 0 Å². The summed E-state index contributed by atoms with van der Waals surface area (Å²) in [5, 5.41) is 0.740. The molecule has 1 aromatic carbocycles. The van der Waals surface area contributed by atoms with Crippen molar-refractivity contribution in [3.05, 3.63) is 34.9 Å². The molecule has 0 radical (unpaired) electrons. The number of hydrogen-bond acceptors (Lipinski definition) is 3. The summed E-state index contributed by atoms with van der Waals surface area (Å²) in [6, 6.07) is 7.70. The van der Waals surface area contributed by atoms with Crippen LogP contribution in [-0.4, -0.2) is 18.7 Å². The molecule has 1 aromatic rings. The maximum absolute atomic E-state index is 11.6. The maximum atomic E-state index is 11.6. The van der Waals surface area contributed by atoms with Gasteiger partial charge in [0.15, 0.2) is 0 Å². The first kappa shape index (κ1) is 15.3. The van der Waals surface area contributed by atoms with E-state index in [2.05, 4.69) is 0 Å². The third-order valence-electron chi connectivity index (χ3n) is 3.69. The van der Waals surface area contributed by atoms with Crippen LogP contribution in [0.2, 0.25) is 5.02 Å². The highest BCUT2D eigenvalue weighted by Gasteiger charge is 2.27. The number of carbonyl (C=O) groups excluding carboxylic acids is 1. The first-order valence-corrected chi connectivity index (χ1v) is 7.59. The van der Waals surface area contributed by atoms with E-state index in [-0.39, 0.29) is 18.0 Å². The van der Waals surface area contributed by atoms with Crippen LogP contribution in [0, 0.1) is 5.92 Å². The van der Waals surface area contributed by atoms with Gasteiger partial charge in [0.2, 0.25) is 0 Å². The first-order chi connectivity index (χ1) is 9.69. The molecular weight excluding hydrogens is 276 g/mol. The molecule has 0 unspecified atom stereocenters. The predicted molar refractivity (Wildman–Crippen MR) is 78.6 cm³/mol. The van der Waals surface area contributed by atoms with E-state index >= 15 is 0 Å². The molecule has 4 heteroatoms. The van der Waals surface area contributed by atoms with Gasteiger partial charge in [0.25, 0.3) is 0 Å². The van der Waals surface area contributed by atoms with E-state index in [0.717, 1.165) is 36.3 Å². The summed E-state index contributed by atoms with van der Waals surface area (Å²) in [5.74, 6) is 0.00832. The second-order valence-corrected chi connectivity index (χ2v) is 5.60. The van der Waals surface area contributed by atoms with Crippen molar-refractivity contribution in [1.29, 1.82) is 0 Å². The molecule has 110 valence electrons. The van der Waals surface area contributed by atoms with Crippen LogP contribution >= 0.6 is 11.6 Å². The summed E-state index contributed by atoms with van der Waals surface area (Å²) in [5.41, 5.74) is 1.13. The van der Waals surface area contributed by atoms with Crippen molar-refractivity contribution in [2.24, 2.45) is 5.92 Å². The summed E-state index contributed by atoms with van der Waals surface area (Å²) in [7, 11) is 0. The summed E-state index contributed by atoms with van der Waals surface area (Å²) < 4.78 is 11.0. The monoisotopic (exact) mass is 296 g/mol. The van der Waals surface area contributed by atoms with Crippen molar-refractivity contribution in [2.75, 3.05) is 6.61 Å². The van der Waals surface area contributed by atoms with Crippen molar-refractivity contribution in [3.8, 4) is 0 Å². The number of benzene rings is 1. The number of halogens is 1. The highest BCUT2D eigenvalue weighted by molar-refractivity contribution is 6.30. The van der Waals surface area contributed by atoms with E-state index in [1.165, 1.54) is 0 Å². The lowest BCUT2D eigenvalue weighted by Crippen LogP contribution is -2.27. The number of esters is 1. The molecule has 0 aromatic heterocycles. The minimum Gasteiger partial charge on any atom is -0.466 e. The summed E-state index contributed by atoms with van der Waals surface area (Å²) in [4.78, 5) is 11.6. The number of ether oxygens (including phenoxy) is 2. The third kappa shape index (κ3) is 4.50. The molecule has 1 aliphatic carbocycles. The van der Waals surface area contributed by atoms with Gasteiger partial charge in [0.05, 0.1) is 25.2 Å². The third-order valence-corrected chi connectivity index (χ3v) is 3.95. The van der Waals surface area contributed by atoms with Gasteiger partial charge < -0.3 is 9.47 Å². The second-order valence-electron chi connectivity index (χ2n) is 5.16. The van der Waals surface area contributed by atoms with Crippen LogP contribution in [0.3, 0.4) is 0 Å². The van der Waals surface area contributed by atoms with Crippen LogP contribution in [0.1, 0.15) is 38.2 Å². The van der Waals surface area contributed by atoms with Crippen molar-refractivity contribution >= 4 is 17.6 Å². The molecule has 0 saturated heterocycles. The van der Waals surface area contributed by atoms with Crippen molar-refractivity contribution in [1.82, 2.24) is 0 Å². The van der Waals surface area contributed by atoms with Gasteiger partial charge in [-0.05, 0) is 50.3 Å². The summed E-state index contributed by atoms with van der Waals surface area (Å²) >= 11 is 5.85. The smallest absolute Gasteiger partial charge is 0.308 e. The maximum Gasteiger partial charge on any atom is 0.308 e. The zero-order chi connectivity index (χ0) is 14.4. The molecule has 0 spiro atoms. The zero-order valence-corrected chi connectivity index (χ0v) is 12.6. The topological polar surface area (TPSA) is 35.5 Å². The van der Waals surface area contributed by atoms with Crippen LogP contribution in [0.25, 0.3) is 0 Å². The SMILES string of the molecule is CCOC(=O)C1CCC(OCc2ccc(Cl)cc2)CC1. The Hall–Kier alpha value is -1.06. The molecule has 2 rings (SSSR count). The van der Waals surface area contributed by atoms with E-state index < -0.39 is 0 Å². The lowest BCUT2D eigenvalue weighted by Gasteiger charge is -2.27. The second kappa shape index (κ2) is 7.65. The normalized spacial score (nSPS) is 22.5. The Balaban J connectivity index is 1.72. The van der Waals surface area contributed by atoms with E-state index in [0.29, 0.717) is 13.2 Å². The first-order valence-electron chi connectivity index (χ1n) is 7.21. The van der Waals surface area contributed by atoms with Gasteiger partial charge in [-0.2, -0.15) is 0 Å². The Labute approximate surface area is 125 Å². The molecule has 1 saturated carbocycles. The molecule has 0 bridgehead atoms. The minimum atomic E-state index is -0.0522. The highest BCUT2D eigenvalue weighted by Crippen LogP contribution is 2.27. The van der Waals surface area contributed by atoms with Crippen LogP contribution in [-0.2, 0) is 20.9 Å². The van der Waals surface area contributed by atoms with E-state index in [1.807, 2.05) is 31.2 Å². The quantitative estimate of drug-likeness (QED) is 0.771. The van der Waals surface area contributed by atoms with Gasteiger partial charge in [-0.15, -0.1) is 0 Å². The van der Waals surface area contributed by atoms with Gasteiger partial charge in [-0.1, -0.05) is 23.7 Å². The van der Waals surface area contributed by atoms with E-state index in [4.69, 9.17) is 21.1 Å². The molecular formula is C16H21ClO3. The molecule has 20 heavy (non-hydrogen) atoms. The highest BCUT2D eigenvalue weighted by atomic mass is 35.5. The Bertz CT molecular complexity index is 422. The average Bonchev–Trinajstić information content (AvgIpc) is 2.47. The standard InChI is InChI=1S/C16H21ClO3/c1-2-19-16(18)13-5-9-15(10-6-13)20-11-12-3-7-14(17)8-4-12/h3-4,7-8,13,15H,2,5-6,9-11H2,1H3. The minimum absolute atomic E-state index is 0.0522. The van der Waals surface area contributed by atoms with Gasteiger partial charge in [-0.3, -0.25) is 4.79 Å². The molecule has 1 fully saturated rings. The number of carbonyl (C=O) groups is 1. The van der Waals surface area contributed by atoms with Crippen molar-refractivity contribution in [2.45, 2.75) is 45.3 Å². The summed E-state index contributed by atoms with van der Waals surface area (Å²) in [6.07, 6.45) is 3.83. The van der Waals surface area contributed by atoms with Crippen LogP contribution in [0.15, 0.2) is 24.3 Å². The van der Waals surface area contributed by atoms with Gasteiger partial charge in [0.1, 0.15) is 0 Å². The Morgan fingerprint density at radius 3 is 2.45 bits per heavy atom. The largest absolute Gasteiger partial charge is 0.466 e. The molecule has 0 heterocycles. The Morgan fingerprint density at radius 1 is 1.20 bits per heavy atom. The molecule has 0 aliphatic heterocycles. The summed E-state index contributed by atoms with van der Waals surface area (Å²) in [6.45, 7) is 2.91.